The van der Waals surface area contributed by atoms with E-state index in [0.717, 1.165) is 45.7 Å². The van der Waals surface area contributed by atoms with E-state index in [1.807, 2.05) is 0 Å². The molecule has 1 aromatic carbocycles. The first-order valence-corrected chi connectivity index (χ1v) is 8.95. The standard InChI is InChI=1S/C18H23ClFNO3/c19-15-4-3-5-16(20)17(15)13-12-14(13)18(22)24-9-2-1-6-21-7-10-23-11-8-21/h3-5,13-14H,1-2,6-12H2/t13-,14-/m0/s1. The lowest BCUT2D eigenvalue weighted by Crippen LogP contribution is -2.36. The molecule has 3 rings (SSSR count). The predicted molar refractivity (Wildman–Crippen MR) is 89.7 cm³/mol. The molecule has 4 nitrogen and oxygen atoms in total. The molecule has 1 saturated carbocycles. The van der Waals surface area contributed by atoms with Gasteiger partial charge in [-0.05, 0) is 37.9 Å². The second-order valence-corrected chi connectivity index (χ2v) is 6.82. The van der Waals surface area contributed by atoms with Crippen molar-refractivity contribution in [3.8, 4) is 0 Å². The molecule has 1 saturated heterocycles. The number of esters is 1. The van der Waals surface area contributed by atoms with Crippen LogP contribution in [0.4, 0.5) is 4.39 Å². The Balaban J connectivity index is 1.35. The highest BCUT2D eigenvalue weighted by molar-refractivity contribution is 6.31. The SMILES string of the molecule is O=C(OCCCCN1CCOCC1)[C@H]1C[C@@H]1c1c(F)cccc1Cl. The maximum Gasteiger partial charge on any atom is 0.309 e. The van der Waals surface area contributed by atoms with Crippen molar-refractivity contribution in [1.29, 1.82) is 0 Å². The van der Waals surface area contributed by atoms with Gasteiger partial charge in [-0.1, -0.05) is 17.7 Å². The van der Waals surface area contributed by atoms with Crippen molar-refractivity contribution in [1.82, 2.24) is 4.90 Å². The van der Waals surface area contributed by atoms with Gasteiger partial charge in [0.2, 0.25) is 0 Å². The van der Waals surface area contributed by atoms with Gasteiger partial charge in [0.1, 0.15) is 5.82 Å². The summed E-state index contributed by atoms with van der Waals surface area (Å²) in [5, 5.41) is 0.390. The number of carbonyl (C=O) groups is 1. The topological polar surface area (TPSA) is 38.8 Å². The Morgan fingerprint density at radius 1 is 1.33 bits per heavy atom. The minimum Gasteiger partial charge on any atom is -0.465 e. The first-order valence-electron chi connectivity index (χ1n) is 8.57. The molecule has 2 fully saturated rings. The highest BCUT2D eigenvalue weighted by Crippen LogP contribution is 2.51. The number of morpholine rings is 1. The molecule has 0 amide bonds. The van der Waals surface area contributed by atoms with E-state index >= 15 is 0 Å². The van der Waals surface area contributed by atoms with Gasteiger partial charge in [-0.25, -0.2) is 4.39 Å². The summed E-state index contributed by atoms with van der Waals surface area (Å²) in [6, 6.07) is 4.62. The molecule has 132 valence electrons. The van der Waals surface area contributed by atoms with Gasteiger partial charge in [-0.3, -0.25) is 9.69 Å². The first kappa shape index (κ1) is 17.6. The molecule has 24 heavy (non-hydrogen) atoms. The number of hydrogen-bond donors (Lipinski definition) is 0. The van der Waals surface area contributed by atoms with Crippen molar-refractivity contribution < 1.29 is 18.7 Å². The van der Waals surface area contributed by atoms with Crippen LogP contribution in [0.2, 0.25) is 5.02 Å². The van der Waals surface area contributed by atoms with Crippen molar-refractivity contribution in [3.05, 3.63) is 34.6 Å². The monoisotopic (exact) mass is 355 g/mol. The maximum atomic E-state index is 13.9. The van der Waals surface area contributed by atoms with Gasteiger partial charge < -0.3 is 9.47 Å². The van der Waals surface area contributed by atoms with Gasteiger partial charge in [-0.15, -0.1) is 0 Å². The van der Waals surface area contributed by atoms with E-state index in [-0.39, 0.29) is 23.6 Å². The van der Waals surface area contributed by atoms with E-state index < -0.39 is 0 Å². The zero-order valence-corrected chi connectivity index (χ0v) is 14.4. The second-order valence-electron chi connectivity index (χ2n) is 6.41. The summed E-state index contributed by atoms with van der Waals surface area (Å²) in [5.74, 6) is -0.961. The number of ether oxygens (including phenoxy) is 2. The lowest BCUT2D eigenvalue weighted by atomic mass is 10.1. The molecule has 1 aliphatic carbocycles. The molecule has 0 aromatic heterocycles. The summed E-state index contributed by atoms with van der Waals surface area (Å²) < 4.78 is 24.5. The van der Waals surface area contributed by atoms with Crippen LogP contribution in [-0.2, 0) is 14.3 Å². The lowest BCUT2D eigenvalue weighted by molar-refractivity contribution is -0.145. The minimum atomic E-state index is -0.340. The van der Waals surface area contributed by atoms with Gasteiger partial charge in [0.25, 0.3) is 0 Å². The van der Waals surface area contributed by atoms with Gasteiger partial charge >= 0.3 is 5.97 Å². The molecular formula is C18H23ClFNO3. The minimum absolute atomic E-state index is 0.139. The predicted octanol–water partition coefficient (Wildman–Crippen LogP) is 3.24. The van der Waals surface area contributed by atoms with Crippen LogP contribution in [0.3, 0.4) is 0 Å². The fourth-order valence-corrected chi connectivity index (χ4v) is 3.48. The van der Waals surface area contributed by atoms with Crippen molar-refractivity contribution in [2.24, 2.45) is 5.92 Å². The molecule has 0 bridgehead atoms. The van der Waals surface area contributed by atoms with Crippen LogP contribution in [0.15, 0.2) is 18.2 Å². The number of nitrogens with zero attached hydrogens (tertiary/aromatic N) is 1. The summed E-state index contributed by atoms with van der Waals surface area (Å²) in [5.41, 5.74) is 0.452. The van der Waals surface area contributed by atoms with Crippen molar-refractivity contribution in [3.63, 3.8) is 0 Å². The largest absolute Gasteiger partial charge is 0.465 e. The normalized spacial score (nSPS) is 23.9. The summed E-state index contributed by atoms with van der Waals surface area (Å²) in [4.78, 5) is 14.4. The zero-order valence-electron chi connectivity index (χ0n) is 13.7. The molecule has 0 spiro atoms. The maximum absolute atomic E-state index is 13.9. The van der Waals surface area contributed by atoms with Crippen LogP contribution >= 0.6 is 11.6 Å². The van der Waals surface area contributed by atoms with Crippen LogP contribution in [0, 0.1) is 11.7 Å². The summed E-state index contributed by atoms with van der Waals surface area (Å²) >= 11 is 6.05. The fraction of sp³-hybridized carbons (Fsp3) is 0.611. The Bertz CT molecular complexity index is 557. The average Bonchev–Trinajstić information content (AvgIpc) is 3.35. The van der Waals surface area contributed by atoms with Crippen LogP contribution < -0.4 is 0 Å². The number of carbonyl (C=O) groups excluding carboxylic acids is 1. The third-order valence-electron chi connectivity index (χ3n) is 4.68. The quantitative estimate of drug-likeness (QED) is 0.556. The van der Waals surface area contributed by atoms with Gasteiger partial charge in [0.15, 0.2) is 0 Å². The molecular weight excluding hydrogens is 333 g/mol. The third kappa shape index (κ3) is 4.47. The average molecular weight is 356 g/mol. The highest BCUT2D eigenvalue weighted by Gasteiger charge is 2.47. The molecule has 2 aliphatic rings. The molecule has 0 N–H and O–H groups in total. The van der Waals surface area contributed by atoms with E-state index in [1.54, 1.807) is 12.1 Å². The van der Waals surface area contributed by atoms with E-state index in [4.69, 9.17) is 21.1 Å². The number of halogens is 2. The zero-order chi connectivity index (χ0) is 16.9. The van der Waals surface area contributed by atoms with E-state index in [1.165, 1.54) is 6.07 Å². The molecule has 1 heterocycles. The van der Waals surface area contributed by atoms with Crippen molar-refractivity contribution in [2.75, 3.05) is 39.5 Å². The summed E-state index contributed by atoms with van der Waals surface area (Å²) in [6.07, 6.45) is 2.47. The molecule has 0 unspecified atom stereocenters. The summed E-state index contributed by atoms with van der Waals surface area (Å²) in [7, 11) is 0. The Kier molecular flexibility index (Phi) is 6.09. The highest BCUT2D eigenvalue weighted by atomic mass is 35.5. The van der Waals surface area contributed by atoms with E-state index in [2.05, 4.69) is 4.90 Å². The Hall–Kier alpha value is -1.17. The molecule has 1 aromatic rings. The number of unbranched alkanes of at least 4 members (excludes halogenated alkanes) is 1. The smallest absolute Gasteiger partial charge is 0.309 e. The Morgan fingerprint density at radius 2 is 2.12 bits per heavy atom. The van der Waals surface area contributed by atoms with Crippen molar-refractivity contribution in [2.45, 2.75) is 25.2 Å². The Labute approximate surface area is 146 Å². The van der Waals surface area contributed by atoms with Gasteiger partial charge in [-0.2, -0.15) is 0 Å². The number of hydrogen-bond acceptors (Lipinski definition) is 4. The van der Waals surface area contributed by atoms with E-state index in [9.17, 15) is 9.18 Å². The fourth-order valence-electron chi connectivity index (χ4n) is 3.18. The van der Waals surface area contributed by atoms with Gasteiger partial charge in [0, 0.05) is 29.6 Å². The molecule has 1 aliphatic heterocycles. The van der Waals surface area contributed by atoms with Crippen LogP contribution in [-0.4, -0.2) is 50.3 Å². The second kappa shape index (κ2) is 8.28. The third-order valence-corrected chi connectivity index (χ3v) is 5.01. The Morgan fingerprint density at radius 3 is 2.88 bits per heavy atom. The van der Waals surface area contributed by atoms with Crippen molar-refractivity contribution >= 4 is 17.6 Å². The first-order chi connectivity index (χ1) is 11.7. The van der Waals surface area contributed by atoms with Crippen LogP contribution in [0.25, 0.3) is 0 Å². The molecule has 6 heteroatoms. The van der Waals surface area contributed by atoms with Crippen LogP contribution in [0.5, 0.6) is 0 Å². The lowest BCUT2D eigenvalue weighted by Gasteiger charge is -2.26. The summed E-state index contributed by atoms with van der Waals surface area (Å²) in [6.45, 7) is 5.00. The van der Waals surface area contributed by atoms with Crippen LogP contribution in [0.1, 0.15) is 30.7 Å². The number of benzene rings is 1. The molecule has 0 radical (unpaired) electrons. The van der Waals surface area contributed by atoms with E-state index in [0.29, 0.717) is 23.6 Å². The number of rotatable bonds is 7. The molecule has 2 atom stereocenters. The van der Waals surface area contributed by atoms with Gasteiger partial charge in [0.05, 0.1) is 25.7 Å².